The summed E-state index contributed by atoms with van der Waals surface area (Å²) in [7, 11) is 0. The summed E-state index contributed by atoms with van der Waals surface area (Å²) in [5.74, 6) is -1.21. The number of carboxylic acids is 1. The molecule has 1 N–H and O–H groups in total. The van der Waals surface area contributed by atoms with Gasteiger partial charge in [-0.15, -0.1) is 0 Å². The Kier molecular flexibility index (Phi) is 7.43. The lowest BCUT2D eigenvalue weighted by atomic mass is 9.93. The van der Waals surface area contributed by atoms with Gasteiger partial charge in [0.2, 0.25) is 0 Å². The molecule has 2 aromatic heterocycles. The number of fused-ring (bicyclic) bond motifs is 1. The smallest absolute Gasteiger partial charge is 0.338 e. The number of ether oxygens (including phenoxy) is 1. The summed E-state index contributed by atoms with van der Waals surface area (Å²) < 4.78 is 27.1. The maximum absolute atomic E-state index is 14.0. The Morgan fingerprint density at radius 1 is 1.00 bits per heavy atom. The van der Waals surface area contributed by atoms with E-state index < -0.39 is 29.4 Å². The van der Waals surface area contributed by atoms with E-state index in [9.17, 15) is 18.8 Å². The highest BCUT2D eigenvalue weighted by Gasteiger charge is 2.35. The lowest BCUT2D eigenvalue weighted by Gasteiger charge is -2.25. The number of aromatic nitrogens is 1. The summed E-state index contributed by atoms with van der Waals surface area (Å²) in [6.07, 6.45) is 1.59. The lowest BCUT2D eigenvalue weighted by Crippen LogP contribution is -2.40. The number of furan rings is 1. The van der Waals surface area contributed by atoms with Crippen LogP contribution >= 0.6 is 11.3 Å². The van der Waals surface area contributed by atoms with Crippen LogP contribution in [0.25, 0.3) is 23.1 Å². The molecule has 0 aliphatic carbocycles. The Labute approximate surface area is 248 Å². The molecule has 0 saturated heterocycles. The maximum atomic E-state index is 14.0. The normalized spacial score (nSPS) is 14.7. The van der Waals surface area contributed by atoms with Crippen molar-refractivity contribution in [3.63, 3.8) is 0 Å². The molecule has 214 valence electrons. The SMILES string of the molecule is CCOC(=O)C1=C(c2ccccc2)N=c2s/c(=C\c3ccc(-c4ccc(C(=O)O)cc4)o3)c(=O)n2[C@@H]1c1ccc(F)cc1. The summed E-state index contributed by atoms with van der Waals surface area (Å²) in [5.41, 5.74) is 2.15. The minimum Gasteiger partial charge on any atom is -0.478 e. The molecule has 0 bridgehead atoms. The van der Waals surface area contributed by atoms with Gasteiger partial charge in [-0.3, -0.25) is 9.36 Å². The predicted molar refractivity (Wildman–Crippen MR) is 159 cm³/mol. The van der Waals surface area contributed by atoms with Gasteiger partial charge in [-0.05, 0) is 48.9 Å². The molecular formula is C33H23FN2O6S. The monoisotopic (exact) mass is 594 g/mol. The van der Waals surface area contributed by atoms with Crippen LogP contribution in [0, 0.1) is 5.82 Å². The van der Waals surface area contributed by atoms with Crippen molar-refractivity contribution in [3.8, 4) is 11.3 Å². The highest BCUT2D eigenvalue weighted by Crippen LogP contribution is 2.35. The van der Waals surface area contributed by atoms with Crippen LogP contribution in [0.5, 0.6) is 0 Å². The average Bonchev–Trinajstić information content (AvgIpc) is 3.61. The largest absolute Gasteiger partial charge is 0.478 e. The number of carbonyl (C=O) groups excluding carboxylic acids is 1. The van der Waals surface area contributed by atoms with Crippen molar-refractivity contribution in [2.24, 2.45) is 4.99 Å². The van der Waals surface area contributed by atoms with Gasteiger partial charge in [-0.25, -0.2) is 19.0 Å². The Bertz CT molecular complexity index is 2060. The minimum absolute atomic E-state index is 0.116. The van der Waals surface area contributed by atoms with Crippen LogP contribution in [0.15, 0.2) is 111 Å². The summed E-state index contributed by atoms with van der Waals surface area (Å²) in [4.78, 5) is 43.7. The molecule has 43 heavy (non-hydrogen) atoms. The van der Waals surface area contributed by atoms with Crippen molar-refractivity contribution < 1.29 is 28.2 Å². The van der Waals surface area contributed by atoms with Crippen molar-refractivity contribution in [3.05, 3.63) is 145 Å². The van der Waals surface area contributed by atoms with Gasteiger partial charge in [-0.2, -0.15) is 0 Å². The topological polar surface area (TPSA) is 111 Å². The van der Waals surface area contributed by atoms with E-state index in [4.69, 9.17) is 19.3 Å². The van der Waals surface area contributed by atoms with Crippen LogP contribution in [0.2, 0.25) is 0 Å². The molecule has 0 fully saturated rings. The average molecular weight is 595 g/mol. The number of rotatable bonds is 7. The fraction of sp³-hybridized carbons (Fsp3) is 0.0909. The van der Waals surface area contributed by atoms with Crippen LogP contribution in [-0.4, -0.2) is 28.2 Å². The predicted octanol–water partition coefficient (Wildman–Crippen LogP) is 5.03. The van der Waals surface area contributed by atoms with Gasteiger partial charge >= 0.3 is 11.9 Å². The third-order valence-corrected chi connectivity index (χ3v) is 7.86. The molecule has 8 nitrogen and oxygen atoms in total. The maximum Gasteiger partial charge on any atom is 0.338 e. The molecule has 0 spiro atoms. The number of carboxylic acid groups (broad SMARTS) is 1. The number of benzene rings is 3. The molecule has 6 rings (SSSR count). The Hall–Kier alpha value is -5.35. The zero-order valence-electron chi connectivity index (χ0n) is 22.7. The lowest BCUT2D eigenvalue weighted by molar-refractivity contribution is -0.138. The first kappa shape index (κ1) is 27.8. The second-order valence-corrected chi connectivity index (χ2v) is 10.6. The van der Waals surface area contributed by atoms with Gasteiger partial charge in [0, 0.05) is 17.2 Å². The number of halogens is 1. The van der Waals surface area contributed by atoms with Crippen LogP contribution in [0.3, 0.4) is 0 Å². The van der Waals surface area contributed by atoms with Gasteiger partial charge < -0.3 is 14.3 Å². The first-order valence-electron chi connectivity index (χ1n) is 13.3. The minimum atomic E-state index is -1.03. The number of nitrogens with zero attached hydrogens (tertiary/aromatic N) is 2. The van der Waals surface area contributed by atoms with E-state index in [-0.39, 0.29) is 17.7 Å². The van der Waals surface area contributed by atoms with Gasteiger partial charge in [0.1, 0.15) is 17.3 Å². The van der Waals surface area contributed by atoms with Crippen LogP contribution in [-0.2, 0) is 9.53 Å². The van der Waals surface area contributed by atoms with E-state index in [1.165, 1.54) is 28.8 Å². The van der Waals surface area contributed by atoms with Crippen molar-refractivity contribution in [2.75, 3.05) is 6.61 Å². The zero-order chi connectivity index (χ0) is 30.1. The fourth-order valence-electron chi connectivity index (χ4n) is 4.89. The number of thiazole rings is 1. The van der Waals surface area contributed by atoms with Gasteiger partial charge in [0.05, 0.1) is 34.0 Å². The van der Waals surface area contributed by atoms with E-state index in [1.54, 1.807) is 49.4 Å². The molecule has 5 aromatic rings. The first-order valence-corrected chi connectivity index (χ1v) is 14.1. The van der Waals surface area contributed by atoms with E-state index in [2.05, 4.69) is 0 Å². The number of carbonyl (C=O) groups is 2. The van der Waals surface area contributed by atoms with Crippen molar-refractivity contribution in [1.29, 1.82) is 0 Å². The Balaban J connectivity index is 1.52. The van der Waals surface area contributed by atoms with Crippen molar-refractivity contribution in [2.45, 2.75) is 13.0 Å². The fourth-order valence-corrected chi connectivity index (χ4v) is 5.87. The van der Waals surface area contributed by atoms with Crippen LogP contribution in [0.1, 0.15) is 40.2 Å². The van der Waals surface area contributed by atoms with Crippen molar-refractivity contribution >= 4 is 35.0 Å². The van der Waals surface area contributed by atoms with E-state index in [0.29, 0.717) is 43.2 Å². The van der Waals surface area contributed by atoms with E-state index in [1.807, 2.05) is 30.3 Å². The highest BCUT2D eigenvalue weighted by atomic mass is 32.1. The summed E-state index contributed by atoms with van der Waals surface area (Å²) in [5, 5.41) is 9.16. The number of esters is 1. The molecular weight excluding hydrogens is 571 g/mol. The van der Waals surface area contributed by atoms with Crippen LogP contribution < -0.4 is 14.9 Å². The highest BCUT2D eigenvalue weighted by molar-refractivity contribution is 7.07. The third-order valence-electron chi connectivity index (χ3n) is 6.88. The third kappa shape index (κ3) is 5.35. The second-order valence-electron chi connectivity index (χ2n) is 9.57. The molecule has 3 heterocycles. The van der Waals surface area contributed by atoms with Gasteiger partial charge in [0.25, 0.3) is 5.56 Å². The molecule has 0 amide bonds. The number of hydrogen-bond acceptors (Lipinski definition) is 7. The standard InChI is InChI=1S/C33H23FN2O6S/c1-2-41-32(40)27-28(20-6-4-3-5-7-20)35-33-36(29(27)21-12-14-23(34)15-13-21)30(37)26(43-33)18-24-16-17-25(42-24)19-8-10-22(11-9-19)31(38)39/h3-18,29H,2H2,1H3,(H,38,39)/b26-18-/t29-/m1/s1. The van der Waals surface area contributed by atoms with Crippen molar-refractivity contribution in [1.82, 2.24) is 4.57 Å². The molecule has 0 saturated carbocycles. The summed E-state index contributed by atoms with van der Waals surface area (Å²) in [6.45, 7) is 1.81. The quantitative estimate of drug-likeness (QED) is 0.265. The van der Waals surface area contributed by atoms with E-state index >= 15 is 0 Å². The van der Waals surface area contributed by atoms with E-state index in [0.717, 1.165) is 11.3 Å². The molecule has 0 unspecified atom stereocenters. The molecule has 0 radical (unpaired) electrons. The number of hydrogen-bond donors (Lipinski definition) is 1. The van der Waals surface area contributed by atoms with Gasteiger partial charge in [0.15, 0.2) is 4.80 Å². The first-order chi connectivity index (χ1) is 20.8. The molecule has 3 aromatic carbocycles. The van der Waals surface area contributed by atoms with Crippen LogP contribution in [0.4, 0.5) is 4.39 Å². The number of aromatic carboxylic acids is 1. The van der Waals surface area contributed by atoms with Gasteiger partial charge in [-0.1, -0.05) is 65.9 Å². The summed E-state index contributed by atoms with van der Waals surface area (Å²) in [6, 6.07) is 23.6. The molecule has 1 atom stereocenters. The zero-order valence-corrected chi connectivity index (χ0v) is 23.5. The Morgan fingerprint density at radius 2 is 1.72 bits per heavy atom. The summed E-state index contributed by atoms with van der Waals surface area (Å²) >= 11 is 1.14. The molecule has 1 aliphatic heterocycles. The molecule has 10 heteroatoms. The Morgan fingerprint density at radius 3 is 2.40 bits per heavy atom. The molecule has 1 aliphatic rings. The second kappa shape index (κ2) is 11.5.